The Morgan fingerprint density at radius 3 is 2.26 bits per heavy atom. The zero-order chi connectivity index (χ0) is 17.2. The van der Waals surface area contributed by atoms with Gasteiger partial charge in [-0.05, 0) is 55.0 Å². The average Bonchev–Trinajstić information content (AvgIpc) is 2.46. The Labute approximate surface area is 140 Å². The molecule has 0 atom stereocenters. The number of hydrogen-bond acceptors (Lipinski definition) is 3. The Kier molecular flexibility index (Phi) is 4.97. The fraction of sp³-hybridized carbons (Fsp3) is 0.188. The van der Waals surface area contributed by atoms with Crippen LogP contribution in [0, 0.1) is 6.92 Å². The zero-order valence-electron chi connectivity index (χ0n) is 13.0. The van der Waals surface area contributed by atoms with Gasteiger partial charge >= 0.3 is 0 Å². The van der Waals surface area contributed by atoms with Gasteiger partial charge in [-0.15, -0.1) is 0 Å². The monoisotopic (exact) mass is 352 g/mol. The second-order valence-corrected chi connectivity index (χ2v) is 7.51. The van der Waals surface area contributed by atoms with Crippen molar-refractivity contribution in [1.29, 1.82) is 0 Å². The second kappa shape index (κ2) is 6.60. The molecule has 0 unspecified atom stereocenters. The van der Waals surface area contributed by atoms with Crippen molar-refractivity contribution in [3.05, 3.63) is 53.1 Å². The number of carbonyl (C=O) groups excluding carboxylic acids is 1. The summed E-state index contributed by atoms with van der Waals surface area (Å²) < 4.78 is 26.6. The third-order valence-electron chi connectivity index (χ3n) is 3.33. The van der Waals surface area contributed by atoms with Crippen molar-refractivity contribution in [3.8, 4) is 0 Å². The minimum absolute atomic E-state index is 0.142. The van der Waals surface area contributed by atoms with E-state index in [0.29, 0.717) is 16.4 Å². The molecule has 0 aromatic heterocycles. The highest BCUT2D eigenvalue weighted by molar-refractivity contribution is 7.92. The summed E-state index contributed by atoms with van der Waals surface area (Å²) >= 11 is 5.91. The van der Waals surface area contributed by atoms with E-state index in [1.165, 1.54) is 30.4 Å². The van der Waals surface area contributed by atoms with Crippen molar-refractivity contribution in [2.24, 2.45) is 0 Å². The Hall–Kier alpha value is -2.05. The van der Waals surface area contributed by atoms with Crippen molar-refractivity contribution in [2.45, 2.75) is 18.7 Å². The van der Waals surface area contributed by atoms with Crippen LogP contribution >= 0.6 is 11.6 Å². The van der Waals surface area contributed by atoms with Gasteiger partial charge in [-0.3, -0.25) is 9.10 Å². The molecule has 0 heterocycles. The van der Waals surface area contributed by atoms with E-state index in [9.17, 15) is 13.2 Å². The highest BCUT2D eigenvalue weighted by Crippen LogP contribution is 2.27. The number of carbonyl (C=O) groups is 1. The van der Waals surface area contributed by atoms with Crippen LogP contribution in [0.25, 0.3) is 0 Å². The number of halogens is 1. The third kappa shape index (κ3) is 3.83. The molecular formula is C16H17ClN2O3S. The number of rotatable bonds is 4. The predicted molar refractivity (Wildman–Crippen MR) is 92.5 cm³/mol. The van der Waals surface area contributed by atoms with Gasteiger partial charge in [0.2, 0.25) is 5.91 Å². The summed E-state index contributed by atoms with van der Waals surface area (Å²) in [6, 6.07) is 11.1. The molecule has 0 aliphatic heterocycles. The molecule has 0 saturated heterocycles. The van der Waals surface area contributed by atoms with Gasteiger partial charge in [0.15, 0.2) is 0 Å². The van der Waals surface area contributed by atoms with Crippen molar-refractivity contribution >= 4 is 38.9 Å². The molecule has 0 aliphatic carbocycles. The first-order chi connectivity index (χ1) is 10.7. The fourth-order valence-electron chi connectivity index (χ4n) is 2.17. The highest BCUT2D eigenvalue weighted by atomic mass is 35.5. The lowest BCUT2D eigenvalue weighted by Gasteiger charge is -2.21. The zero-order valence-corrected chi connectivity index (χ0v) is 14.6. The molecule has 2 aromatic carbocycles. The topological polar surface area (TPSA) is 66.5 Å². The molecular weight excluding hydrogens is 336 g/mol. The molecule has 2 rings (SSSR count). The molecule has 0 fully saturated rings. The van der Waals surface area contributed by atoms with Crippen molar-refractivity contribution in [3.63, 3.8) is 0 Å². The van der Waals surface area contributed by atoms with Gasteiger partial charge in [-0.1, -0.05) is 11.6 Å². The predicted octanol–water partition coefficient (Wildman–Crippen LogP) is 3.43. The number of nitrogens with one attached hydrogen (secondary N) is 1. The fourth-order valence-corrected chi connectivity index (χ4v) is 3.66. The number of aryl methyl sites for hydroxylation is 1. The van der Waals surface area contributed by atoms with Crippen LogP contribution in [0.2, 0.25) is 5.02 Å². The first-order valence-corrected chi connectivity index (χ1v) is 8.66. The number of benzene rings is 2. The summed E-state index contributed by atoms with van der Waals surface area (Å²) in [5.74, 6) is -0.213. The van der Waals surface area contributed by atoms with Gasteiger partial charge in [0.25, 0.3) is 10.0 Å². The molecule has 122 valence electrons. The van der Waals surface area contributed by atoms with Gasteiger partial charge < -0.3 is 5.32 Å². The Morgan fingerprint density at radius 1 is 1.13 bits per heavy atom. The van der Waals surface area contributed by atoms with E-state index in [4.69, 9.17) is 11.6 Å². The van der Waals surface area contributed by atoms with E-state index in [0.717, 1.165) is 5.56 Å². The molecule has 1 amide bonds. The summed E-state index contributed by atoms with van der Waals surface area (Å²) in [4.78, 5) is 11.1. The van der Waals surface area contributed by atoms with Crippen molar-refractivity contribution < 1.29 is 13.2 Å². The van der Waals surface area contributed by atoms with E-state index in [1.54, 1.807) is 37.3 Å². The van der Waals surface area contributed by atoms with Gasteiger partial charge in [-0.2, -0.15) is 0 Å². The molecule has 0 bridgehead atoms. The molecule has 0 spiro atoms. The summed E-state index contributed by atoms with van der Waals surface area (Å²) in [6.07, 6.45) is 0. The average molecular weight is 353 g/mol. The Balaban J connectivity index is 2.35. The van der Waals surface area contributed by atoms with E-state index >= 15 is 0 Å². The largest absolute Gasteiger partial charge is 0.326 e. The first kappa shape index (κ1) is 17.3. The standard InChI is InChI=1S/C16H17ClN2O3S/c1-11-10-13(17)4-9-16(11)19(3)23(21,22)15-7-5-14(6-8-15)18-12(2)20/h4-10H,1-3H3,(H,18,20). The lowest BCUT2D eigenvalue weighted by Crippen LogP contribution is -2.27. The van der Waals surface area contributed by atoms with Gasteiger partial charge in [0.1, 0.15) is 0 Å². The van der Waals surface area contributed by atoms with E-state index in [-0.39, 0.29) is 10.8 Å². The summed E-state index contributed by atoms with van der Waals surface area (Å²) in [6.45, 7) is 3.19. The summed E-state index contributed by atoms with van der Waals surface area (Å²) in [5.41, 5.74) is 1.86. The van der Waals surface area contributed by atoms with Crippen molar-refractivity contribution in [2.75, 3.05) is 16.7 Å². The Morgan fingerprint density at radius 2 is 1.74 bits per heavy atom. The highest BCUT2D eigenvalue weighted by Gasteiger charge is 2.22. The maximum absolute atomic E-state index is 12.7. The van der Waals surface area contributed by atoms with Gasteiger partial charge in [-0.25, -0.2) is 8.42 Å². The van der Waals surface area contributed by atoms with Crippen LogP contribution in [0.15, 0.2) is 47.4 Å². The third-order valence-corrected chi connectivity index (χ3v) is 5.35. The number of hydrogen-bond donors (Lipinski definition) is 1. The van der Waals surface area contributed by atoms with Crippen LogP contribution in [0.4, 0.5) is 11.4 Å². The smallest absolute Gasteiger partial charge is 0.264 e. The lowest BCUT2D eigenvalue weighted by molar-refractivity contribution is -0.114. The van der Waals surface area contributed by atoms with E-state index < -0.39 is 10.0 Å². The maximum atomic E-state index is 12.7. The van der Waals surface area contributed by atoms with Crippen LogP contribution in [-0.4, -0.2) is 21.4 Å². The van der Waals surface area contributed by atoms with E-state index in [2.05, 4.69) is 5.32 Å². The maximum Gasteiger partial charge on any atom is 0.264 e. The number of anilines is 2. The lowest BCUT2D eigenvalue weighted by atomic mass is 10.2. The van der Waals surface area contributed by atoms with Gasteiger partial charge in [0, 0.05) is 24.7 Å². The van der Waals surface area contributed by atoms with Crippen LogP contribution in [-0.2, 0) is 14.8 Å². The molecule has 0 saturated carbocycles. The molecule has 0 radical (unpaired) electrons. The van der Waals surface area contributed by atoms with E-state index in [1.807, 2.05) is 0 Å². The normalized spacial score (nSPS) is 11.1. The van der Waals surface area contributed by atoms with Crippen LogP contribution < -0.4 is 9.62 Å². The quantitative estimate of drug-likeness (QED) is 0.916. The minimum atomic E-state index is -3.70. The molecule has 23 heavy (non-hydrogen) atoms. The molecule has 5 nitrogen and oxygen atoms in total. The molecule has 7 heteroatoms. The number of nitrogens with zero attached hydrogens (tertiary/aromatic N) is 1. The van der Waals surface area contributed by atoms with Crippen LogP contribution in [0.5, 0.6) is 0 Å². The first-order valence-electron chi connectivity index (χ1n) is 6.84. The number of amides is 1. The van der Waals surface area contributed by atoms with Crippen molar-refractivity contribution in [1.82, 2.24) is 0 Å². The molecule has 1 N–H and O–H groups in total. The molecule has 2 aromatic rings. The minimum Gasteiger partial charge on any atom is -0.326 e. The summed E-state index contributed by atoms with van der Waals surface area (Å²) in [5, 5.41) is 3.15. The van der Waals surface area contributed by atoms with Crippen LogP contribution in [0.1, 0.15) is 12.5 Å². The number of sulfonamides is 1. The Bertz CT molecular complexity index is 833. The summed E-state index contributed by atoms with van der Waals surface area (Å²) in [7, 11) is -2.20. The van der Waals surface area contributed by atoms with Crippen LogP contribution in [0.3, 0.4) is 0 Å². The van der Waals surface area contributed by atoms with Gasteiger partial charge in [0.05, 0.1) is 10.6 Å². The SMILES string of the molecule is CC(=O)Nc1ccc(S(=O)(=O)N(C)c2ccc(Cl)cc2C)cc1. The second-order valence-electron chi connectivity index (χ2n) is 5.11. The molecule has 0 aliphatic rings.